The van der Waals surface area contributed by atoms with Gasteiger partial charge in [0.15, 0.2) is 44.0 Å². The highest BCUT2D eigenvalue weighted by Gasteiger charge is 2.50. The van der Waals surface area contributed by atoms with Crippen molar-refractivity contribution in [3.8, 4) is 0 Å². The molecule has 3 heterocycles. The van der Waals surface area contributed by atoms with Crippen LogP contribution in [-0.4, -0.2) is 453 Å². The van der Waals surface area contributed by atoms with Gasteiger partial charge in [-0.1, -0.05) is 0 Å². The number of aliphatic hydroxyl groups is 35. The molecule has 3 rings (SSSR count). The fourth-order valence-electron chi connectivity index (χ4n) is 6.05. The Balaban J connectivity index is -0.000000482. The molecule has 0 aliphatic carbocycles. The van der Waals surface area contributed by atoms with Crippen LogP contribution in [0.25, 0.3) is 0 Å². The fourth-order valence-corrected chi connectivity index (χ4v) is 6.05. The Hall–Kier alpha value is -2.88. The SMILES string of the molecule is C[C@H](O)[C@H](O)[C@@H](O)[C@@H](O)C=O.O=C[C@H](O)[C@@H](O)[C@@H](O)CO.O=C[C@H](O)[C@@H](O)[C@H](O)[C@H](O)CO.O=C[C@H](O)[C@H](O)[C@H](O)CO.OC1OC[C@@H](O)[C@H](O)[C@H]1O.OC[C@@H](O)[C@@H](O)[C@H](O)[C@H](O)CO.OC[C@H]1O[C@@H](O[C@H]2[C@H](O)[C@@H](O)[C@H](O)O[C@@H]2CO)[C@H](O)[C@@H](O)[C@@H]1O. The zero-order valence-corrected chi connectivity index (χ0v) is 46.4. The van der Waals surface area contributed by atoms with Crippen molar-refractivity contribution < 1.29 is 217 Å². The van der Waals surface area contributed by atoms with Crippen LogP contribution in [0.15, 0.2) is 0 Å². The van der Waals surface area contributed by atoms with Gasteiger partial charge in [-0.25, -0.2) is 0 Å². The molecule has 3 fully saturated rings. The molecule has 35 N–H and O–H groups in total. The second-order valence-corrected chi connectivity index (χ2v) is 18.7. The summed E-state index contributed by atoms with van der Waals surface area (Å²) in [5, 5.41) is 311. The van der Waals surface area contributed by atoms with E-state index in [0.717, 1.165) is 0 Å². The van der Waals surface area contributed by atoms with Crippen molar-refractivity contribution in [3.63, 3.8) is 0 Å². The van der Waals surface area contributed by atoms with Crippen LogP contribution in [0.2, 0.25) is 0 Å². The summed E-state index contributed by atoms with van der Waals surface area (Å²) in [5.74, 6) is 0. The molecule has 0 aromatic rings. The average molecular weight is 1320 g/mol. The topological polar surface area (TPSA) is 813 Å². The minimum atomic E-state index is -1.79. The first kappa shape index (κ1) is 91.5. The third-order valence-corrected chi connectivity index (χ3v) is 11.9. The van der Waals surface area contributed by atoms with E-state index in [9.17, 15) is 54.9 Å². The first-order valence-electron chi connectivity index (χ1n) is 25.5. The molecule has 0 bridgehead atoms. The smallest absolute Gasteiger partial charge is 0.187 e. The second kappa shape index (κ2) is 48.8. The molecule has 0 radical (unpaired) electrons. The molecule has 0 aromatic heterocycles. The Kier molecular flexibility index (Phi) is 50.8. The van der Waals surface area contributed by atoms with Crippen molar-refractivity contribution in [3.05, 3.63) is 0 Å². The molecule has 32 atom stereocenters. The molecule has 0 amide bonds. The number of hydrogen-bond donors (Lipinski definition) is 35. The minimum absolute atomic E-state index is 0.0258. The lowest BCUT2D eigenvalue weighted by atomic mass is 9.97. The number of hydrogen-bond acceptors (Lipinski definition) is 43. The van der Waals surface area contributed by atoms with Crippen LogP contribution in [0, 0.1) is 0 Å². The molecule has 0 aromatic carbocycles. The van der Waals surface area contributed by atoms with Crippen molar-refractivity contribution in [2.75, 3.05) is 52.9 Å². The van der Waals surface area contributed by atoms with Gasteiger partial charge in [0.1, 0.15) is 171 Å². The Morgan fingerprint density at radius 3 is 1.00 bits per heavy atom. The van der Waals surface area contributed by atoms with Gasteiger partial charge in [0, 0.05) is 0 Å². The Labute approximate surface area is 497 Å². The zero-order chi connectivity index (χ0) is 69.8. The first-order chi connectivity index (χ1) is 40.8. The van der Waals surface area contributed by atoms with Crippen molar-refractivity contribution in [2.24, 2.45) is 0 Å². The monoisotopic (exact) mass is 1320 g/mol. The predicted molar refractivity (Wildman–Crippen MR) is 272 cm³/mol. The van der Waals surface area contributed by atoms with E-state index in [1.54, 1.807) is 0 Å². The molecule has 3 aliphatic rings. The summed E-state index contributed by atoms with van der Waals surface area (Å²) >= 11 is 0. The van der Waals surface area contributed by atoms with Crippen LogP contribution >= 0.6 is 0 Å². The number of carbonyl (C=O) groups is 4. The molecular formula is C45H90O43. The standard InChI is InChI=1S/C12H22O11.C6H14O6.C6H12O6.C6H12O5.3C5H10O5/c13-1-3-5(15)6(16)9(19)12(22-3)23-10-4(2-14)21-11(20)8(18)7(10)17;2*7-1-3(9)5(11)6(12)4(10)2-8;1-3(8)5(10)6(11)4(9)2-7;6-2-1-10-5(9)4(8)3(2)7;2*6-1-3(8)5(10)4(9)2-7/h3-20H,1-2H2;3-12H,1-2H2;1,3-6,8-12H,2H2;2-6,8-11H,1H3;2-9H,1H2;2*1,3-5,7-10H,2H2/t3-,4-,5-,6+,7-,8-,9-,10-,11-,12+;3-,4-,5-,6-;3-,4+,5+,6+;3-,4-,5-,6-;2-,3+,4-,5?;3-,4+,5-;3-,4-,5+/m1100100/s1. The Bertz CT molecular complexity index is 1680. The second-order valence-electron chi connectivity index (χ2n) is 18.7. The number of rotatable bonds is 26. The van der Waals surface area contributed by atoms with Gasteiger partial charge in [-0.2, -0.15) is 0 Å². The van der Waals surface area contributed by atoms with Gasteiger partial charge in [0.05, 0.1) is 59.0 Å². The maximum atomic E-state index is 9.94. The number of carbonyl (C=O) groups excluding carboxylic acids is 4. The van der Waals surface area contributed by atoms with Gasteiger partial charge >= 0.3 is 0 Å². The summed E-state index contributed by atoms with van der Waals surface area (Å²) in [7, 11) is 0. The molecule has 1 unspecified atom stereocenters. The predicted octanol–water partition coefficient (Wildman–Crippen LogP) is -22.8. The average Bonchev–Trinajstić information content (AvgIpc) is 3.38. The van der Waals surface area contributed by atoms with Gasteiger partial charge in [-0.15, -0.1) is 0 Å². The van der Waals surface area contributed by atoms with Crippen LogP contribution < -0.4 is 0 Å². The Morgan fingerprint density at radius 2 is 0.682 bits per heavy atom. The molecule has 0 spiro atoms. The van der Waals surface area contributed by atoms with Crippen LogP contribution in [0.4, 0.5) is 0 Å². The molecule has 43 nitrogen and oxygen atoms in total. The van der Waals surface area contributed by atoms with Crippen molar-refractivity contribution in [1.82, 2.24) is 0 Å². The maximum Gasteiger partial charge on any atom is 0.187 e. The largest absolute Gasteiger partial charge is 0.394 e. The quantitative estimate of drug-likeness (QED) is 0.0358. The van der Waals surface area contributed by atoms with E-state index in [0.29, 0.717) is 0 Å². The normalized spacial score (nSPS) is 32.1. The van der Waals surface area contributed by atoms with E-state index in [4.69, 9.17) is 157 Å². The number of aliphatic hydroxyl groups excluding tert-OH is 35. The van der Waals surface area contributed by atoms with Gasteiger partial charge in [-0.3, -0.25) is 0 Å². The van der Waals surface area contributed by atoms with Crippen molar-refractivity contribution in [1.29, 1.82) is 0 Å². The zero-order valence-electron chi connectivity index (χ0n) is 46.4. The summed E-state index contributed by atoms with van der Waals surface area (Å²) in [6.07, 6.45) is -49.2. The summed E-state index contributed by atoms with van der Waals surface area (Å²) in [4.78, 5) is 39.3. The van der Waals surface area contributed by atoms with Crippen LogP contribution in [-0.2, 0) is 38.1 Å². The molecule has 0 saturated carbocycles. The highest BCUT2D eigenvalue weighted by Crippen LogP contribution is 2.28. The maximum absolute atomic E-state index is 9.94. The molecule has 3 saturated heterocycles. The summed E-state index contributed by atoms with van der Waals surface area (Å²) in [6.45, 7) is -3.85. The third kappa shape index (κ3) is 32.1. The highest BCUT2D eigenvalue weighted by atomic mass is 16.7. The van der Waals surface area contributed by atoms with Gasteiger partial charge in [0.25, 0.3) is 0 Å². The van der Waals surface area contributed by atoms with Gasteiger partial charge in [-0.05, 0) is 6.92 Å². The van der Waals surface area contributed by atoms with E-state index < -0.39 is 242 Å². The number of aldehydes is 4. The lowest BCUT2D eigenvalue weighted by Crippen LogP contribution is -2.64. The first-order valence-corrected chi connectivity index (χ1v) is 25.5. The van der Waals surface area contributed by atoms with E-state index in [-0.39, 0.29) is 31.8 Å². The van der Waals surface area contributed by atoms with E-state index in [1.165, 1.54) is 6.92 Å². The third-order valence-electron chi connectivity index (χ3n) is 11.9. The summed E-state index contributed by atoms with van der Waals surface area (Å²) in [6, 6.07) is 0. The van der Waals surface area contributed by atoms with E-state index >= 15 is 0 Å². The Morgan fingerprint density at radius 1 is 0.364 bits per heavy atom. The summed E-state index contributed by atoms with van der Waals surface area (Å²) in [5.41, 5.74) is 0. The van der Waals surface area contributed by atoms with Crippen LogP contribution in [0.1, 0.15) is 6.92 Å². The van der Waals surface area contributed by atoms with Gasteiger partial charge < -0.3 is 217 Å². The fraction of sp³-hybridized carbons (Fsp3) is 0.911. The molecule has 3 aliphatic heterocycles. The van der Waals surface area contributed by atoms with Crippen LogP contribution in [0.3, 0.4) is 0 Å². The summed E-state index contributed by atoms with van der Waals surface area (Å²) < 4.78 is 19.7. The molecule has 43 heteroatoms. The van der Waals surface area contributed by atoms with Crippen molar-refractivity contribution >= 4 is 25.1 Å². The van der Waals surface area contributed by atoms with Crippen LogP contribution in [0.5, 0.6) is 0 Å². The lowest BCUT2D eigenvalue weighted by molar-refractivity contribution is -0.355. The number of ether oxygens (including phenoxy) is 4. The minimum Gasteiger partial charge on any atom is -0.394 e. The van der Waals surface area contributed by atoms with E-state index in [2.05, 4.69) is 4.74 Å². The molecule has 88 heavy (non-hydrogen) atoms. The van der Waals surface area contributed by atoms with Crippen molar-refractivity contribution in [2.45, 2.75) is 203 Å². The highest BCUT2D eigenvalue weighted by molar-refractivity contribution is 5.57. The van der Waals surface area contributed by atoms with Gasteiger partial charge in [0.2, 0.25) is 0 Å². The van der Waals surface area contributed by atoms with E-state index in [1.807, 2.05) is 0 Å². The lowest BCUT2D eigenvalue weighted by Gasteiger charge is -2.45. The molecule has 528 valence electrons. The molecular weight excluding hydrogens is 1230 g/mol.